The molecule has 1 aliphatic rings. The first-order valence-corrected chi connectivity index (χ1v) is 6.81. The van der Waals surface area contributed by atoms with Gasteiger partial charge in [0.1, 0.15) is 5.82 Å². The molecule has 1 N–H and O–H groups in total. The Hall–Kier alpha value is -1.90. The topological polar surface area (TPSA) is 45.8 Å². The zero-order valence-corrected chi connectivity index (χ0v) is 11.4. The van der Waals surface area contributed by atoms with Gasteiger partial charge in [-0.15, -0.1) is 0 Å². The maximum atomic E-state index is 12.1. The van der Waals surface area contributed by atoms with Crippen LogP contribution in [0.5, 0.6) is 0 Å². The third kappa shape index (κ3) is 2.21. The second-order valence-electron chi connectivity index (χ2n) is 5.42. The van der Waals surface area contributed by atoms with Gasteiger partial charge in [0.2, 0.25) is 0 Å². The molecular weight excluding hydrogens is 236 g/mol. The number of aromatic nitrogens is 2. The Morgan fingerprint density at radius 2 is 2.16 bits per heavy atom. The summed E-state index contributed by atoms with van der Waals surface area (Å²) in [5, 5.41) is 0. The molecule has 1 atom stereocenters. The molecule has 3 nitrogen and oxygen atoms in total. The van der Waals surface area contributed by atoms with E-state index in [1.165, 1.54) is 11.1 Å². The Morgan fingerprint density at radius 1 is 1.37 bits per heavy atom. The Kier molecular flexibility index (Phi) is 2.97. The van der Waals surface area contributed by atoms with Crippen molar-refractivity contribution in [2.45, 2.75) is 39.0 Å². The first-order valence-electron chi connectivity index (χ1n) is 6.81. The summed E-state index contributed by atoms with van der Waals surface area (Å²) in [7, 11) is 0. The van der Waals surface area contributed by atoms with Crippen LogP contribution in [0.15, 0.2) is 29.1 Å². The highest BCUT2D eigenvalue weighted by Gasteiger charge is 2.23. The minimum absolute atomic E-state index is 0.0542. The third-order valence-corrected chi connectivity index (χ3v) is 4.01. The number of aryl methyl sites for hydroxylation is 2. The second kappa shape index (κ2) is 4.65. The summed E-state index contributed by atoms with van der Waals surface area (Å²) in [5.41, 5.74) is 4.41. The van der Waals surface area contributed by atoms with Crippen LogP contribution in [-0.2, 0) is 12.8 Å². The number of fused-ring (bicyclic) bond motifs is 1. The van der Waals surface area contributed by atoms with E-state index in [-0.39, 0.29) is 5.56 Å². The summed E-state index contributed by atoms with van der Waals surface area (Å²) in [5.74, 6) is 1.13. The fourth-order valence-corrected chi connectivity index (χ4v) is 2.85. The molecule has 1 aliphatic carbocycles. The van der Waals surface area contributed by atoms with Crippen LogP contribution in [0.2, 0.25) is 0 Å². The van der Waals surface area contributed by atoms with Crippen LogP contribution in [-0.4, -0.2) is 9.97 Å². The molecule has 1 heterocycles. The largest absolute Gasteiger partial charge is 0.310 e. The highest BCUT2D eigenvalue weighted by atomic mass is 16.1. The van der Waals surface area contributed by atoms with Crippen molar-refractivity contribution in [3.8, 4) is 0 Å². The van der Waals surface area contributed by atoms with E-state index >= 15 is 0 Å². The highest BCUT2D eigenvalue weighted by molar-refractivity contribution is 5.31. The molecule has 0 aliphatic heterocycles. The molecule has 0 saturated carbocycles. The van der Waals surface area contributed by atoms with Crippen molar-refractivity contribution in [2.75, 3.05) is 0 Å². The quantitative estimate of drug-likeness (QED) is 0.895. The number of benzene rings is 1. The molecule has 1 aromatic carbocycles. The van der Waals surface area contributed by atoms with Gasteiger partial charge in [-0.3, -0.25) is 4.79 Å². The second-order valence-corrected chi connectivity index (χ2v) is 5.42. The summed E-state index contributed by atoms with van der Waals surface area (Å²) in [4.78, 5) is 19.7. The molecule has 1 aromatic heterocycles. The van der Waals surface area contributed by atoms with Gasteiger partial charge in [-0.25, -0.2) is 4.98 Å². The highest BCUT2D eigenvalue weighted by Crippen LogP contribution is 2.28. The van der Waals surface area contributed by atoms with Gasteiger partial charge in [0.25, 0.3) is 5.56 Å². The number of nitrogens with zero attached hydrogens (tertiary/aromatic N) is 1. The molecule has 98 valence electrons. The molecule has 0 saturated heterocycles. The zero-order valence-electron chi connectivity index (χ0n) is 11.4. The van der Waals surface area contributed by atoms with E-state index in [0.29, 0.717) is 12.3 Å². The molecular formula is C16H18N2O. The zero-order chi connectivity index (χ0) is 13.4. The van der Waals surface area contributed by atoms with Gasteiger partial charge < -0.3 is 4.98 Å². The minimum atomic E-state index is 0.0542. The average Bonchev–Trinajstić information content (AvgIpc) is 2.74. The smallest absolute Gasteiger partial charge is 0.254 e. The van der Waals surface area contributed by atoms with Gasteiger partial charge in [0.05, 0.1) is 5.69 Å². The average molecular weight is 254 g/mol. The Morgan fingerprint density at radius 3 is 2.95 bits per heavy atom. The number of H-pyrrole nitrogens is 1. The summed E-state index contributed by atoms with van der Waals surface area (Å²) >= 11 is 0. The number of hydrogen-bond acceptors (Lipinski definition) is 2. The summed E-state index contributed by atoms with van der Waals surface area (Å²) in [6.07, 6.45) is 2.67. The van der Waals surface area contributed by atoms with E-state index < -0.39 is 0 Å². The maximum absolute atomic E-state index is 12.1. The minimum Gasteiger partial charge on any atom is -0.310 e. The van der Waals surface area contributed by atoms with Crippen molar-refractivity contribution in [1.82, 2.24) is 9.97 Å². The lowest BCUT2D eigenvalue weighted by Crippen LogP contribution is -2.18. The van der Waals surface area contributed by atoms with E-state index in [4.69, 9.17) is 0 Å². The van der Waals surface area contributed by atoms with Crippen molar-refractivity contribution in [1.29, 1.82) is 0 Å². The van der Waals surface area contributed by atoms with Crippen LogP contribution in [0.1, 0.15) is 47.5 Å². The summed E-state index contributed by atoms with van der Waals surface area (Å²) in [6, 6.07) is 8.23. The Bertz CT molecular complexity index is 673. The molecule has 1 unspecified atom stereocenters. The lowest BCUT2D eigenvalue weighted by molar-refractivity contribution is 0.740. The summed E-state index contributed by atoms with van der Waals surface area (Å²) in [6.45, 7) is 4.19. The molecule has 0 radical (unpaired) electrons. The van der Waals surface area contributed by atoms with Crippen LogP contribution >= 0.6 is 0 Å². The van der Waals surface area contributed by atoms with E-state index in [2.05, 4.69) is 35.9 Å². The van der Waals surface area contributed by atoms with Crippen molar-refractivity contribution in [2.24, 2.45) is 0 Å². The number of hydrogen-bond donors (Lipinski definition) is 1. The molecule has 0 spiro atoms. The third-order valence-electron chi connectivity index (χ3n) is 4.01. The molecule has 3 heteroatoms. The van der Waals surface area contributed by atoms with Crippen molar-refractivity contribution < 1.29 is 0 Å². The SMILES string of the molecule is Cc1ccccc1Cc1nc2c(c(=O)[nH]1)C(C)CC2. The first-order chi connectivity index (χ1) is 9.15. The molecule has 3 rings (SSSR count). The van der Waals surface area contributed by atoms with Gasteiger partial charge in [0, 0.05) is 12.0 Å². The fourth-order valence-electron chi connectivity index (χ4n) is 2.85. The van der Waals surface area contributed by atoms with Crippen molar-refractivity contribution in [3.63, 3.8) is 0 Å². The predicted molar refractivity (Wildman–Crippen MR) is 75.6 cm³/mol. The van der Waals surface area contributed by atoms with Crippen LogP contribution < -0.4 is 5.56 Å². The Labute approximate surface area is 112 Å². The van der Waals surface area contributed by atoms with Crippen LogP contribution in [0, 0.1) is 6.92 Å². The normalized spacial score (nSPS) is 17.5. The van der Waals surface area contributed by atoms with E-state index in [9.17, 15) is 4.79 Å². The summed E-state index contributed by atoms with van der Waals surface area (Å²) < 4.78 is 0. The standard InChI is InChI=1S/C16H18N2O/c1-10-5-3-4-6-12(10)9-14-17-13-8-7-11(2)15(13)16(19)18-14/h3-6,11H,7-9H2,1-2H3,(H,17,18,19). The number of nitrogens with one attached hydrogen (secondary N) is 1. The van der Waals surface area contributed by atoms with Crippen molar-refractivity contribution in [3.05, 3.63) is 62.8 Å². The monoisotopic (exact) mass is 254 g/mol. The lowest BCUT2D eigenvalue weighted by Gasteiger charge is -2.07. The van der Waals surface area contributed by atoms with Crippen LogP contribution in [0.25, 0.3) is 0 Å². The lowest BCUT2D eigenvalue weighted by atomic mass is 10.0. The van der Waals surface area contributed by atoms with Crippen LogP contribution in [0.4, 0.5) is 0 Å². The molecule has 0 fully saturated rings. The van der Waals surface area contributed by atoms with E-state index in [1.54, 1.807) is 0 Å². The molecule has 0 amide bonds. The fraction of sp³-hybridized carbons (Fsp3) is 0.375. The van der Waals surface area contributed by atoms with Crippen LogP contribution in [0.3, 0.4) is 0 Å². The molecule has 19 heavy (non-hydrogen) atoms. The predicted octanol–water partition coefficient (Wildman–Crippen LogP) is 2.72. The number of rotatable bonds is 2. The maximum Gasteiger partial charge on any atom is 0.254 e. The van der Waals surface area contributed by atoms with Gasteiger partial charge >= 0.3 is 0 Å². The first kappa shape index (κ1) is 12.2. The molecule has 2 aromatic rings. The Balaban J connectivity index is 1.98. The number of aromatic amines is 1. The van der Waals surface area contributed by atoms with E-state index in [1.807, 2.05) is 12.1 Å². The van der Waals surface area contributed by atoms with E-state index in [0.717, 1.165) is 29.9 Å². The molecule has 0 bridgehead atoms. The van der Waals surface area contributed by atoms with Gasteiger partial charge in [0.15, 0.2) is 0 Å². The van der Waals surface area contributed by atoms with Crippen molar-refractivity contribution >= 4 is 0 Å². The van der Waals surface area contributed by atoms with Gasteiger partial charge in [-0.2, -0.15) is 0 Å². The van der Waals surface area contributed by atoms with Gasteiger partial charge in [-0.1, -0.05) is 31.2 Å². The van der Waals surface area contributed by atoms with Gasteiger partial charge in [-0.05, 0) is 36.8 Å².